The number of aliphatic hydroxyl groups excluding tert-OH is 1. The Balaban J connectivity index is 1.14. The highest BCUT2D eigenvalue weighted by Gasteiger charge is 2.69. The summed E-state index contributed by atoms with van der Waals surface area (Å²) in [6.45, 7) is 20.3. The fourth-order valence-electron chi connectivity index (χ4n) is 12.8. The molecule has 0 aromatic heterocycles. The minimum atomic E-state index is -0.349. The van der Waals surface area contributed by atoms with Crippen LogP contribution in [0.1, 0.15) is 113 Å². The summed E-state index contributed by atoms with van der Waals surface area (Å²) in [5, 5.41) is 13.1. The number of nitrogens with zero attached hydrogens (tertiary/aromatic N) is 2. The first-order valence-corrected chi connectivity index (χ1v) is 19.1. The molecule has 4 saturated carbocycles. The number of aliphatic hydroxyl groups is 1. The molecule has 1 saturated heterocycles. The summed E-state index contributed by atoms with van der Waals surface area (Å²) < 4.78 is 0. The summed E-state index contributed by atoms with van der Waals surface area (Å²) in [5.41, 5.74) is 2.96. The molecular formula is C40H58Cl2N2O2. The third-order valence-electron chi connectivity index (χ3n) is 16.1. The molecule has 1 amide bonds. The number of amides is 1. The molecule has 5 fully saturated rings. The average Bonchev–Trinajstić information content (AvgIpc) is 3.00. The van der Waals surface area contributed by atoms with Crippen LogP contribution in [0, 0.1) is 50.2 Å². The molecule has 6 aliphatic rings. The topological polar surface area (TPSA) is 43.8 Å². The molecule has 0 spiro atoms. The molecule has 1 heterocycles. The summed E-state index contributed by atoms with van der Waals surface area (Å²) in [7, 11) is 0. The summed E-state index contributed by atoms with van der Waals surface area (Å²) >= 11 is 13.1. The summed E-state index contributed by atoms with van der Waals surface area (Å²) in [6.07, 6.45) is 13.6. The van der Waals surface area contributed by atoms with E-state index in [0.717, 1.165) is 57.3 Å². The Hall–Kier alpha value is -1.23. The molecule has 46 heavy (non-hydrogen) atoms. The monoisotopic (exact) mass is 668 g/mol. The Morgan fingerprint density at radius 1 is 0.826 bits per heavy atom. The fraction of sp³-hybridized carbons (Fsp3) is 0.775. The highest BCUT2D eigenvalue weighted by atomic mass is 35.5. The van der Waals surface area contributed by atoms with Crippen LogP contribution in [0.3, 0.4) is 0 Å². The predicted molar refractivity (Wildman–Crippen MR) is 190 cm³/mol. The Morgan fingerprint density at radius 2 is 1.48 bits per heavy atom. The maximum absolute atomic E-state index is 14.5. The number of allylic oxidation sites excluding steroid dienone is 2. The fourth-order valence-corrected chi connectivity index (χ4v) is 13.5. The number of fused-ring (bicyclic) bond motifs is 7. The molecule has 6 heteroatoms. The Bertz CT molecular complexity index is 1410. The second-order valence-corrected chi connectivity index (χ2v) is 19.3. The molecule has 0 bridgehead atoms. The normalized spacial score (nSPS) is 45.1. The van der Waals surface area contributed by atoms with E-state index in [4.69, 9.17) is 23.2 Å². The first-order chi connectivity index (χ1) is 21.5. The number of rotatable bonds is 2. The number of anilines is 1. The van der Waals surface area contributed by atoms with Crippen molar-refractivity contribution < 1.29 is 9.90 Å². The zero-order valence-electron chi connectivity index (χ0n) is 29.5. The van der Waals surface area contributed by atoms with Crippen molar-refractivity contribution in [3.63, 3.8) is 0 Å². The van der Waals surface area contributed by atoms with Gasteiger partial charge in [-0.1, -0.05) is 89.4 Å². The number of piperazine rings is 1. The van der Waals surface area contributed by atoms with Crippen LogP contribution < -0.4 is 4.90 Å². The lowest BCUT2D eigenvalue weighted by molar-refractivity contribution is -0.219. The van der Waals surface area contributed by atoms with Crippen LogP contribution in [0.15, 0.2) is 29.8 Å². The molecule has 0 radical (unpaired) electrons. The van der Waals surface area contributed by atoms with Crippen molar-refractivity contribution in [2.24, 2.45) is 50.2 Å². The molecule has 254 valence electrons. The molecule has 1 N–H and O–H groups in total. The minimum Gasteiger partial charge on any atom is -0.393 e. The lowest BCUT2D eigenvalue weighted by Gasteiger charge is -2.71. The number of hydrogen-bond acceptors (Lipinski definition) is 3. The molecule has 9 atom stereocenters. The van der Waals surface area contributed by atoms with Crippen molar-refractivity contribution in [3.8, 4) is 0 Å². The van der Waals surface area contributed by atoms with Crippen molar-refractivity contribution in [3.05, 3.63) is 39.9 Å². The van der Waals surface area contributed by atoms with Gasteiger partial charge in [0, 0.05) is 37.0 Å². The number of halogens is 2. The minimum absolute atomic E-state index is 0.0477. The predicted octanol–water partition coefficient (Wildman–Crippen LogP) is 9.80. The van der Waals surface area contributed by atoms with Gasteiger partial charge in [-0.05, 0) is 116 Å². The van der Waals surface area contributed by atoms with Gasteiger partial charge in [0.25, 0.3) is 0 Å². The number of para-hydroxylation sites is 1. The zero-order chi connectivity index (χ0) is 33.1. The van der Waals surface area contributed by atoms with E-state index in [9.17, 15) is 9.90 Å². The smallest absolute Gasteiger partial charge is 0.228 e. The third kappa shape index (κ3) is 4.57. The molecule has 1 aliphatic heterocycles. The second-order valence-electron chi connectivity index (χ2n) is 18.5. The van der Waals surface area contributed by atoms with Gasteiger partial charge in [0.05, 0.1) is 21.8 Å². The van der Waals surface area contributed by atoms with Crippen LogP contribution >= 0.6 is 23.2 Å². The summed E-state index contributed by atoms with van der Waals surface area (Å²) in [4.78, 5) is 18.8. The van der Waals surface area contributed by atoms with Gasteiger partial charge in [-0.15, -0.1) is 0 Å². The highest BCUT2D eigenvalue weighted by molar-refractivity contribution is 6.39. The zero-order valence-corrected chi connectivity index (χ0v) is 31.0. The number of hydrogen-bond donors (Lipinski definition) is 1. The Kier molecular flexibility index (Phi) is 7.87. The summed E-state index contributed by atoms with van der Waals surface area (Å²) in [5.74, 6) is 1.84. The first kappa shape index (κ1) is 33.3. The van der Waals surface area contributed by atoms with Crippen LogP contribution in [0.5, 0.6) is 0 Å². The van der Waals surface area contributed by atoms with Crippen molar-refractivity contribution in [2.45, 2.75) is 119 Å². The third-order valence-corrected chi connectivity index (χ3v) is 16.7. The Labute approximate surface area is 288 Å². The van der Waals surface area contributed by atoms with Crippen molar-refractivity contribution >= 4 is 34.8 Å². The van der Waals surface area contributed by atoms with E-state index in [1.807, 2.05) is 18.2 Å². The van der Waals surface area contributed by atoms with E-state index < -0.39 is 0 Å². The quantitative estimate of drug-likeness (QED) is 0.319. The highest BCUT2D eigenvalue weighted by Crippen LogP contribution is 2.75. The van der Waals surface area contributed by atoms with Crippen LogP contribution in [0.4, 0.5) is 5.69 Å². The number of carbonyl (C=O) groups is 1. The lowest BCUT2D eigenvalue weighted by Crippen LogP contribution is -2.66. The van der Waals surface area contributed by atoms with E-state index in [1.165, 1.54) is 25.7 Å². The van der Waals surface area contributed by atoms with Crippen LogP contribution in [-0.2, 0) is 4.79 Å². The molecular weight excluding hydrogens is 611 g/mol. The van der Waals surface area contributed by atoms with Gasteiger partial charge < -0.3 is 14.9 Å². The number of carbonyl (C=O) groups excluding carboxylic acids is 1. The summed E-state index contributed by atoms with van der Waals surface area (Å²) in [6, 6.07) is 5.67. The molecule has 4 unspecified atom stereocenters. The standard InChI is InChI=1S/C40H58Cl2N2O2/c1-35(2)15-14-32(45)40(7)30(35)13-16-39(6)31(40)12-11-26-27-25-37(4,18-17-36(27,3)19-20-38(26,39)5)34(46)44-23-21-43(22-24-44)33-28(41)9-8-10-29(33)42/h8-11,27,30-32,45H,12-25H2,1-7H3/t27-,30?,31?,32?,36+,37?,38+,39+,40-/m0/s1. The van der Waals surface area contributed by atoms with Gasteiger partial charge in [0.15, 0.2) is 0 Å². The van der Waals surface area contributed by atoms with E-state index in [1.54, 1.807) is 5.57 Å². The molecule has 5 aliphatic carbocycles. The first-order valence-electron chi connectivity index (χ1n) is 18.4. The van der Waals surface area contributed by atoms with Crippen molar-refractivity contribution in [2.75, 3.05) is 31.1 Å². The van der Waals surface area contributed by atoms with Gasteiger partial charge in [0.1, 0.15) is 0 Å². The van der Waals surface area contributed by atoms with E-state index >= 15 is 0 Å². The molecule has 7 rings (SSSR count). The largest absolute Gasteiger partial charge is 0.393 e. The van der Waals surface area contributed by atoms with Gasteiger partial charge in [-0.3, -0.25) is 4.79 Å². The van der Waals surface area contributed by atoms with E-state index in [0.29, 0.717) is 46.8 Å². The van der Waals surface area contributed by atoms with Crippen LogP contribution in [0.2, 0.25) is 10.0 Å². The maximum Gasteiger partial charge on any atom is 0.228 e. The van der Waals surface area contributed by atoms with E-state index in [-0.39, 0.29) is 38.6 Å². The van der Waals surface area contributed by atoms with Gasteiger partial charge in [-0.2, -0.15) is 0 Å². The average molecular weight is 670 g/mol. The van der Waals surface area contributed by atoms with Crippen LogP contribution in [-0.4, -0.2) is 48.2 Å². The van der Waals surface area contributed by atoms with Gasteiger partial charge in [-0.25, -0.2) is 0 Å². The maximum atomic E-state index is 14.5. The van der Waals surface area contributed by atoms with E-state index in [2.05, 4.69) is 64.3 Å². The SMILES string of the molecule is CC1(C(=O)N2CCN(c3c(Cl)cccc3Cl)CC2)CC[C@]2(C)CC[C@]3(C)C(=CCC4[C@@]5(C)C(O)CCC(C)(C)C5CC[C@]43C)[C@@H]2C1. The molecule has 1 aromatic rings. The van der Waals surface area contributed by atoms with Crippen molar-refractivity contribution in [1.82, 2.24) is 4.90 Å². The van der Waals surface area contributed by atoms with Crippen molar-refractivity contribution in [1.29, 1.82) is 0 Å². The lowest BCUT2D eigenvalue weighted by atomic mass is 9.33. The molecule has 4 nitrogen and oxygen atoms in total. The number of benzene rings is 1. The Morgan fingerprint density at radius 3 is 2.15 bits per heavy atom. The van der Waals surface area contributed by atoms with Crippen LogP contribution in [0.25, 0.3) is 0 Å². The van der Waals surface area contributed by atoms with Gasteiger partial charge in [0.2, 0.25) is 5.91 Å². The molecule has 1 aromatic carbocycles. The van der Waals surface area contributed by atoms with Gasteiger partial charge >= 0.3 is 0 Å². The second kappa shape index (κ2) is 10.9.